The molecular formula is C19H18BrN3O2S. The Morgan fingerprint density at radius 3 is 2.69 bits per heavy atom. The molecule has 26 heavy (non-hydrogen) atoms. The summed E-state index contributed by atoms with van der Waals surface area (Å²) in [5.41, 5.74) is 1.44. The van der Waals surface area contributed by atoms with E-state index in [4.69, 9.17) is 9.72 Å². The lowest BCUT2D eigenvalue weighted by Gasteiger charge is -2.31. The predicted octanol–water partition coefficient (Wildman–Crippen LogP) is 4.03. The fourth-order valence-electron chi connectivity index (χ4n) is 2.88. The number of piperazine rings is 1. The van der Waals surface area contributed by atoms with Crippen LogP contribution in [0.1, 0.15) is 10.4 Å². The van der Waals surface area contributed by atoms with Crippen LogP contribution in [0.5, 0.6) is 5.75 Å². The number of esters is 1. The minimum Gasteiger partial charge on any atom is -0.423 e. The third-order valence-corrected chi connectivity index (χ3v) is 6.20. The summed E-state index contributed by atoms with van der Waals surface area (Å²) in [5.74, 6) is 0.160. The standard InChI is InChI=1S/C19H18BrN3O2S/c1-22-8-10-23(11-9-22)19-21-16-7-6-13(12-17(16)26-19)25-18(24)14-4-2-3-5-15(14)20/h2-7,12H,8-11H2,1H3. The summed E-state index contributed by atoms with van der Waals surface area (Å²) >= 11 is 5.02. The molecule has 5 nitrogen and oxygen atoms in total. The zero-order valence-corrected chi connectivity index (χ0v) is 16.7. The highest BCUT2D eigenvalue weighted by atomic mass is 79.9. The van der Waals surface area contributed by atoms with Gasteiger partial charge in [0.15, 0.2) is 5.13 Å². The summed E-state index contributed by atoms with van der Waals surface area (Å²) in [6.07, 6.45) is 0. The van der Waals surface area contributed by atoms with E-state index in [1.165, 1.54) is 0 Å². The van der Waals surface area contributed by atoms with Crippen LogP contribution in [0.3, 0.4) is 0 Å². The molecule has 134 valence electrons. The Kier molecular flexibility index (Phi) is 4.93. The molecule has 1 aliphatic heterocycles. The summed E-state index contributed by atoms with van der Waals surface area (Å²) in [7, 11) is 2.14. The van der Waals surface area contributed by atoms with Crippen molar-refractivity contribution in [3.63, 3.8) is 0 Å². The quantitative estimate of drug-likeness (QED) is 0.462. The Hall–Kier alpha value is -1.96. The molecule has 7 heteroatoms. The van der Waals surface area contributed by atoms with Gasteiger partial charge in [-0.2, -0.15) is 0 Å². The molecule has 0 N–H and O–H groups in total. The molecule has 0 amide bonds. The number of nitrogens with zero attached hydrogens (tertiary/aromatic N) is 3. The molecule has 4 rings (SSSR count). The Morgan fingerprint density at radius 1 is 1.15 bits per heavy atom. The van der Waals surface area contributed by atoms with Gasteiger partial charge in [0.2, 0.25) is 0 Å². The maximum atomic E-state index is 12.4. The minimum atomic E-state index is -0.374. The van der Waals surface area contributed by atoms with E-state index >= 15 is 0 Å². The lowest BCUT2D eigenvalue weighted by atomic mass is 10.2. The second-order valence-corrected chi connectivity index (χ2v) is 8.15. The minimum absolute atomic E-state index is 0.374. The molecule has 0 bridgehead atoms. The fourth-order valence-corrected chi connectivity index (χ4v) is 4.37. The van der Waals surface area contributed by atoms with E-state index in [1.807, 2.05) is 30.3 Å². The summed E-state index contributed by atoms with van der Waals surface area (Å²) in [6, 6.07) is 12.8. The van der Waals surface area contributed by atoms with E-state index in [9.17, 15) is 4.79 Å². The van der Waals surface area contributed by atoms with Crippen molar-refractivity contribution >= 4 is 48.6 Å². The number of benzene rings is 2. The number of fused-ring (bicyclic) bond motifs is 1. The summed E-state index contributed by atoms with van der Waals surface area (Å²) in [4.78, 5) is 21.7. The van der Waals surface area contributed by atoms with Gasteiger partial charge in [-0.15, -0.1) is 0 Å². The Bertz CT molecular complexity index is 951. The maximum absolute atomic E-state index is 12.4. The molecule has 0 atom stereocenters. The van der Waals surface area contributed by atoms with Crippen molar-refractivity contribution in [1.29, 1.82) is 0 Å². The van der Waals surface area contributed by atoms with Gasteiger partial charge in [-0.3, -0.25) is 0 Å². The highest BCUT2D eigenvalue weighted by Gasteiger charge is 2.18. The first kappa shape index (κ1) is 17.5. The Balaban J connectivity index is 1.54. The largest absolute Gasteiger partial charge is 0.423 e. The molecule has 0 saturated carbocycles. The van der Waals surface area contributed by atoms with Crippen molar-refractivity contribution in [1.82, 2.24) is 9.88 Å². The SMILES string of the molecule is CN1CCN(c2nc3ccc(OC(=O)c4ccccc4Br)cc3s2)CC1. The zero-order chi connectivity index (χ0) is 18.1. The van der Waals surface area contributed by atoms with Gasteiger partial charge in [0, 0.05) is 36.7 Å². The van der Waals surface area contributed by atoms with E-state index in [0.717, 1.165) is 46.0 Å². The molecule has 1 aliphatic rings. The van der Waals surface area contributed by atoms with Crippen molar-refractivity contribution in [3.8, 4) is 5.75 Å². The van der Waals surface area contributed by atoms with Crippen molar-refractivity contribution in [2.45, 2.75) is 0 Å². The first-order valence-corrected chi connectivity index (χ1v) is 10.0. The summed E-state index contributed by atoms with van der Waals surface area (Å²) < 4.78 is 7.30. The zero-order valence-electron chi connectivity index (χ0n) is 14.3. The molecular weight excluding hydrogens is 414 g/mol. The van der Waals surface area contributed by atoms with E-state index in [0.29, 0.717) is 11.3 Å². The number of thiazole rings is 1. The van der Waals surface area contributed by atoms with Gasteiger partial charge in [-0.1, -0.05) is 23.5 Å². The fraction of sp³-hybridized carbons (Fsp3) is 0.263. The number of anilines is 1. The number of hydrogen-bond acceptors (Lipinski definition) is 6. The molecule has 3 aromatic rings. The number of carbonyl (C=O) groups excluding carboxylic acids is 1. The molecule has 1 aromatic heterocycles. The maximum Gasteiger partial charge on any atom is 0.344 e. The van der Waals surface area contributed by atoms with Crippen molar-refractivity contribution < 1.29 is 9.53 Å². The van der Waals surface area contributed by atoms with E-state index in [-0.39, 0.29) is 5.97 Å². The highest BCUT2D eigenvalue weighted by Crippen LogP contribution is 2.32. The molecule has 0 aliphatic carbocycles. The van der Waals surface area contributed by atoms with Crippen LogP contribution in [0, 0.1) is 0 Å². The van der Waals surface area contributed by atoms with Crippen LogP contribution < -0.4 is 9.64 Å². The van der Waals surface area contributed by atoms with Crippen molar-refractivity contribution in [2.24, 2.45) is 0 Å². The normalized spacial score (nSPS) is 15.4. The Labute approximate surface area is 164 Å². The van der Waals surface area contributed by atoms with Crippen LogP contribution in [-0.4, -0.2) is 49.1 Å². The van der Waals surface area contributed by atoms with Gasteiger partial charge in [-0.25, -0.2) is 9.78 Å². The lowest BCUT2D eigenvalue weighted by Crippen LogP contribution is -2.44. The molecule has 1 fully saturated rings. The first-order valence-electron chi connectivity index (χ1n) is 8.41. The van der Waals surface area contributed by atoms with E-state index in [1.54, 1.807) is 23.5 Å². The van der Waals surface area contributed by atoms with E-state index in [2.05, 4.69) is 32.8 Å². The van der Waals surface area contributed by atoms with Crippen LogP contribution in [0.2, 0.25) is 0 Å². The summed E-state index contributed by atoms with van der Waals surface area (Å²) in [6.45, 7) is 4.07. The van der Waals surface area contributed by atoms with Gasteiger partial charge >= 0.3 is 5.97 Å². The molecule has 2 aromatic carbocycles. The molecule has 0 radical (unpaired) electrons. The van der Waals surface area contributed by atoms with Crippen LogP contribution in [0.4, 0.5) is 5.13 Å². The smallest absolute Gasteiger partial charge is 0.344 e. The van der Waals surface area contributed by atoms with Crippen LogP contribution in [-0.2, 0) is 0 Å². The molecule has 0 unspecified atom stereocenters. The molecule has 0 spiro atoms. The summed E-state index contributed by atoms with van der Waals surface area (Å²) in [5, 5.41) is 1.03. The number of ether oxygens (including phenoxy) is 1. The van der Waals surface area contributed by atoms with Gasteiger partial charge in [0.25, 0.3) is 0 Å². The first-order chi connectivity index (χ1) is 12.6. The second kappa shape index (κ2) is 7.34. The van der Waals surface area contributed by atoms with E-state index < -0.39 is 0 Å². The average molecular weight is 432 g/mol. The number of hydrogen-bond donors (Lipinski definition) is 0. The number of halogens is 1. The van der Waals surface area contributed by atoms with Crippen LogP contribution in [0.15, 0.2) is 46.9 Å². The second-order valence-electron chi connectivity index (χ2n) is 6.29. The van der Waals surface area contributed by atoms with Crippen LogP contribution >= 0.6 is 27.3 Å². The van der Waals surface area contributed by atoms with Gasteiger partial charge in [0.05, 0.1) is 15.8 Å². The van der Waals surface area contributed by atoms with Crippen molar-refractivity contribution in [2.75, 3.05) is 38.1 Å². The number of carbonyl (C=O) groups is 1. The third kappa shape index (κ3) is 3.60. The predicted molar refractivity (Wildman–Crippen MR) is 108 cm³/mol. The molecule has 2 heterocycles. The topological polar surface area (TPSA) is 45.7 Å². The lowest BCUT2D eigenvalue weighted by molar-refractivity contribution is 0.0734. The number of likely N-dealkylation sites (N-methyl/N-ethyl adjacent to an activating group) is 1. The molecule has 1 saturated heterocycles. The van der Waals surface area contributed by atoms with Gasteiger partial charge in [-0.05, 0) is 47.2 Å². The van der Waals surface area contributed by atoms with Crippen molar-refractivity contribution in [3.05, 3.63) is 52.5 Å². The van der Waals surface area contributed by atoms with Gasteiger partial charge in [0.1, 0.15) is 5.75 Å². The Morgan fingerprint density at radius 2 is 1.92 bits per heavy atom. The number of aromatic nitrogens is 1. The van der Waals surface area contributed by atoms with Gasteiger partial charge < -0.3 is 14.5 Å². The monoisotopic (exact) mass is 431 g/mol. The highest BCUT2D eigenvalue weighted by molar-refractivity contribution is 9.10. The van der Waals surface area contributed by atoms with Crippen LogP contribution in [0.25, 0.3) is 10.2 Å². The number of rotatable bonds is 3. The average Bonchev–Trinajstić information content (AvgIpc) is 3.06. The third-order valence-electron chi connectivity index (χ3n) is 4.43.